The van der Waals surface area contributed by atoms with E-state index in [0.29, 0.717) is 17.5 Å². The summed E-state index contributed by atoms with van der Waals surface area (Å²) < 4.78 is 0. The van der Waals surface area contributed by atoms with E-state index in [9.17, 15) is 0 Å². The molecule has 0 amide bonds. The molecule has 0 spiro atoms. The van der Waals surface area contributed by atoms with Gasteiger partial charge in [0.2, 0.25) is 0 Å². The lowest BCUT2D eigenvalue weighted by molar-refractivity contribution is 1.06. The molecule has 3 heteroatoms. The van der Waals surface area contributed by atoms with Gasteiger partial charge in [-0.1, -0.05) is 84.9 Å². The monoisotopic (exact) mass is 489 g/mol. The molecule has 0 unspecified atom stereocenters. The third-order valence-corrected chi connectivity index (χ3v) is 7.81. The molecule has 1 aromatic heterocycles. The summed E-state index contributed by atoms with van der Waals surface area (Å²) in [5.41, 5.74) is 7.80. The zero-order valence-electron chi connectivity index (χ0n) is 22.0. The average molecular weight is 490 g/mol. The Labute approximate surface area is 222 Å². The van der Waals surface area contributed by atoms with Crippen molar-refractivity contribution in [3.05, 3.63) is 113 Å². The quantitative estimate of drug-likeness (QED) is 0.232. The van der Waals surface area contributed by atoms with Crippen molar-refractivity contribution in [3.8, 4) is 34.2 Å². The molecule has 0 bridgehead atoms. The molecule has 1 heterocycles. The van der Waals surface area contributed by atoms with Crippen LogP contribution in [0.15, 0.2) is 91.0 Å². The second kappa shape index (κ2) is 8.46. The fourth-order valence-corrected chi connectivity index (χ4v) is 5.98. The summed E-state index contributed by atoms with van der Waals surface area (Å²) in [6.07, 6.45) is 0. The average Bonchev–Trinajstić information content (AvgIpc) is 2.91. The standard InChI is InChI=1S/C35H27N3/c1-20-8-5-9-21(2)29(20)34-36-33(37-35(38-34)30-22(3)10-6-11-23(30)4)28-19-17-26-15-14-24-12-7-13-25-16-18-27(28)32(26)31(24)25/h5-19H,1-4H3. The van der Waals surface area contributed by atoms with Gasteiger partial charge >= 0.3 is 0 Å². The molecule has 0 radical (unpaired) electrons. The number of hydrogen-bond acceptors (Lipinski definition) is 3. The normalized spacial score (nSPS) is 11.7. The first-order chi connectivity index (χ1) is 18.5. The molecule has 6 aromatic carbocycles. The number of aryl methyl sites for hydroxylation is 4. The highest BCUT2D eigenvalue weighted by Crippen LogP contribution is 2.39. The molecule has 3 nitrogen and oxygen atoms in total. The fourth-order valence-electron chi connectivity index (χ4n) is 5.98. The van der Waals surface area contributed by atoms with Crippen LogP contribution in [0.4, 0.5) is 0 Å². The fraction of sp³-hybridized carbons (Fsp3) is 0.114. The Bertz CT molecular complexity index is 1890. The van der Waals surface area contributed by atoms with Crippen LogP contribution in [-0.2, 0) is 0 Å². The van der Waals surface area contributed by atoms with Gasteiger partial charge in [0.25, 0.3) is 0 Å². The third kappa shape index (κ3) is 3.39. The Morgan fingerprint density at radius 2 is 0.816 bits per heavy atom. The van der Waals surface area contributed by atoms with Crippen LogP contribution in [0.2, 0.25) is 0 Å². The first kappa shape index (κ1) is 22.6. The Morgan fingerprint density at radius 1 is 0.395 bits per heavy atom. The minimum Gasteiger partial charge on any atom is -0.208 e. The molecule has 0 atom stereocenters. The van der Waals surface area contributed by atoms with E-state index in [-0.39, 0.29) is 0 Å². The number of benzene rings is 6. The summed E-state index contributed by atoms with van der Waals surface area (Å²) in [7, 11) is 0. The first-order valence-corrected chi connectivity index (χ1v) is 13.1. The lowest BCUT2D eigenvalue weighted by Gasteiger charge is -2.16. The van der Waals surface area contributed by atoms with Gasteiger partial charge < -0.3 is 0 Å². The van der Waals surface area contributed by atoms with E-state index in [1.165, 1.54) is 26.9 Å². The number of nitrogens with zero attached hydrogens (tertiary/aromatic N) is 3. The van der Waals surface area contributed by atoms with Crippen LogP contribution < -0.4 is 0 Å². The van der Waals surface area contributed by atoms with E-state index in [1.54, 1.807) is 0 Å². The predicted molar refractivity (Wildman–Crippen MR) is 159 cm³/mol. The molecule has 0 aliphatic carbocycles. The molecule has 0 saturated carbocycles. The van der Waals surface area contributed by atoms with Crippen molar-refractivity contribution >= 4 is 32.3 Å². The largest absolute Gasteiger partial charge is 0.208 e. The molecule has 0 aliphatic rings. The van der Waals surface area contributed by atoms with Gasteiger partial charge in [-0.05, 0) is 88.3 Å². The van der Waals surface area contributed by atoms with Crippen molar-refractivity contribution < 1.29 is 0 Å². The highest BCUT2D eigenvalue weighted by Gasteiger charge is 2.19. The van der Waals surface area contributed by atoms with Crippen molar-refractivity contribution in [2.45, 2.75) is 27.7 Å². The summed E-state index contributed by atoms with van der Waals surface area (Å²) in [6.45, 7) is 8.50. The summed E-state index contributed by atoms with van der Waals surface area (Å²) in [5, 5.41) is 7.45. The van der Waals surface area contributed by atoms with Crippen LogP contribution in [0.25, 0.3) is 66.5 Å². The Balaban J connectivity index is 1.58. The zero-order valence-corrected chi connectivity index (χ0v) is 22.0. The molecule has 38 heavy (non-hydrogen) atoms. The van der Waals surface area contributed by atoms with Crippen LogP contribution >= 0.6 is 0 Å². The van der Waals surface area contributed by atoms with Crippen LogP contribution in [0.3, 0.4) is 0 Å². The minimum atomic E-state index is 0.702. The van der Waals surface area contributed by atoms with Crippen LogP contribution in [0.1, 0.15) is 22.3 Å². The highest BCUT2D eigenvalue weighted by atomic mass is 15.0. The van der Waals surface area contributed by atoms with Crippen molar-refractivity contribution in [3.63, 3.8) is 0 Å². The molecule has 0 saturated heterocycles. The Hall–Kier alpha value is -4.63. The maximum absolute atomic E-state index is 5.14. The van der Waals surface area contributed by atoms with E-state index in [2.05, 4.69) is 119 Å². The van der Waals surface area contributed by atoms with Crippen molar-refractivity contribution in [1.29, 1.82) is 0 Å². The minimum absolute atomic E-state index is 0.702. The summed E-state index contributed by atoms with van der Waals surface area (Å²) in [5.74, 6) is 2.14. The SMILES string of the molecule is Cc1cccc(C)c1-c1nc(-c2c(C)cccc2C)nc(-c2ccc3ccc4cccc5ccc2c3c45)n1. The topological polar surface area (TPSA) is 38.7 Å². The number of hydrogen-bond donors (Lipinski definition) is 0. The number of rotatable bonds is 3. The molecule has 0 N–H and O–H groups in total. The Kier molecular flexibility index (Phi) is 5.02. The van der Waals surface area contributed by atoms with Gasteiger partial charge in [0, 0.05) is 16.7 Å². The molecular weight excluding hydrogens is 462 g/mol. The molecule has 182 valence electrons. The van der Waals surface area contributed by atoms with Gasteiger partial charge in [-0.25, -0.2) is 15.0 Å². The van der Waals surface area contributed by atoms with Gasteiger partial charge in [-0.15, -0.1) is 0 Å². The second-order valence-corrected chi connectivity index (χ2v) is 10.3. The summed E-state index contributed by atoms with van der Waals surface area (Å²) in [6, 6.07) is 32.4. The Morgan fingerprint density at radius 3 is 1.37 bits per heavy atom. The third-order valence-electron chi connectivity index (χ3n) is 7.81. The predicted octanol–water partition coefficient (Wildman–Crippen LogP) is 9.00. The maximum Gasteiger partial charge on any atom is 0.164 e. The summed E-state index contributed by atoms with van der Waals surface area (Å²) in [4.78, 5) is 15.4. The van der Waals surface area contributed by atoms with Crippen molar-refractivity contribution in [2.75, 3.05) is 0 Å². The van der Waals surface area contributed by atoms with E-state index in [1.807, 2.05) is 0 Å². The molecule has 7 rings (SSSR count). The van der Waals surface area contributed by atoms with Crippen LogP contribution in [-0.4, -0.2) is 15.0 Å². The highest BCUT2D eigenvalue weighted by molar-refractivity contribution is 6.25. The lowest BCUT2D eigenvalue weighted by Crippen LogP contribution is -2.04. The zero-order chi connectivity index (χ0) is 26.0. The van der Waals surface area contributed by atoms with Crippen molar-refractivity contribution in [2.24, 2.45) is 0 Å². The molecule has 0 aliphatic heterocycles. The van der Waals surface area contributed by atoms with Crippen molar-refractivity contribution in [1.82, 2.24) is 15.0 Å². The summed E-state index contributed by atoms with van der Waals surface area (Å²) >= 11 is 0. The van der Waals surface area contributed by atoms with Crippen LogP contribution in [0, 0.1) is 27.7 Å². The lowest BCUT2D eigenvalue weighted by atomic mass is 9.91. The van der Waals surface area contributed by atoms with Crippen LogP contribution in [0.5, 0.6) is 0 Å². The second-order valence-electron chi connectivity index (χ2n) is 10.3. The van der Waals surface area contributed by atoms with E-state index < -0.39 is 0 Å². The van der Waals surface area contributed by atoms with Gasteiger partial charge in [0.1, 0.15) is 0 Å². The number of aromatic nitrogens is 3. The van der Waals surface area contributed by atoms with Gasteiger partial charge in [0.05, 0.1) is 0 Å². The maximum atomic E-state index is 5.14. The van der Waals surface area contributed by atoms with E-state index >= 15 is 0 Å². The van der Waals surface area contributed by atoms with E-state index in [0.717, 1.165) is 44.3 Å². The molecule has 7 aromatic rings. The van der Waals surface area contributed by atoms with Gasteiger partial charge in [-0.2, -0.15) is 0 Å². The van der Waals surface area contributed by atoms with Gasteiger partial charge in [-0.3, -0.25) is 0 Å². The van der Waals surface area contributed by atoms with E-state index in [4.69, 9.17) is 15.0 Å². The molecule has 0 fully saturated rings. The smallest absolute Gasteiger partial charge is 0.164 e. The molecular formula is C35H27N3. The first-order valence-electron chi connectivity index (χ1n) is 13.1. The van der Waals surface area contributed by atoms with Gasteiger partial charge in [0.15, 0.2) is 17.5 Å².